The summed E-state index contributed by atoms with van der Waals surface area (Å²) < 4.78 is 0. The number of aliphatic hydroxyl groups is 1. The molecule has 8 heteroatoms. The van der Waals surface area contributed by atoms with Crippen LogP contribution in [0, 0.1) is 45.3 Å². The molecule has 0 saturated heterocycles. The van der Waals surface area contributed by atoms with E-state index in [0.29, 0.717) is 28.7 Å². The molecule has 1 aliphatic heterocycles. The molecule has 0 saturated carbocycles. The molecule has 2 aliphatic rings. The second-order valence-electron chi connectivity index (χ2n) is 6.89. The summed E-state index contributed by atoms with van der Waals surface area (Å²) in [6, 6.07) is 11.4. The number of aliphatic hydroxyl groups excluding tert-OH is 1. The maximum Gasteiger partial charge on any atom is 0.191 e. The van der Waals surface area contributed by atoms with Crippen LogP contribution in [0.1, 0.15) is 18.4 Å². The van der Waals surface area contributed by atoms with Crippen molar-refractivity contribution >= 4 is 23.2 Å². The summed E-state index contributed by atoms with van der Waals surface area (Å²) in [6.45, 7) is 3.20. The van der Waals surface area contributed by atoms with Crippen LogP contribution < -0.4 is 5.73 Å². The van der Waals surface area contributed by atoms with Crippen molar-refractivity contribution in [3.8, 4) is 18.2 Å². The third kappa shape index (κ3) is 3.97. The second kappa shape index (κ2) is 9.31. The minimum Gasteiger partial charge on any atom is -0.399 e. The summed E-state index contributed by atoms with van der Waals surface area (Å²) in [5.74, 6) is -0.786. The molecule has 3 N–H and O–H groups in total. The first-order valence-electron chi connectivity index (χ1n) is 8.98. The molecule has 0 radical (unpaired) electrons. The summed E-state index contributed by atoms with van der Waals surface area (Å²) in [6.07, 6.45) is 1.95. The Kier molecular flexibility index (Phi) is 7.31. The Morgan fingerprint density at radius 1 is 1.24 bits per heavy atom. The largest absolute Gasteiger partial charge is 0.399 e. The van der Waals surface area contributed by atoms with Crippen molar-refractivity contribution in [2.45, 2.75) is 12.8 Å². The molecule has 1 heterocycles. The number of nitriles is 3. The fraction of sp³-hybridized carbons (Fsp3) is 0.381. The van der Waals surface area contributed by atoms with E-state index in [4.69, 9.17) is 34.0 Å². The van der Waals surface area contributed by atoms with Gasteiger partial charge >= 0.3 is 0 Å². The molecular weight excluding hydrogens is 409 g/mol. The van der Waals surface area contributed by atoms with Crippen LogP contribution in [0.15, 0.2) is 41.1 Å². The zero-order valence-electron chi connectivity index (χ0n) is 16.2. The van der Waals surface area contributed by atoms with Gasteiger partial charge in [0.25, 0.3) is 0 Å². The first kappa shape index (κ1) is 22.8. The fourth-order valence-electron chi connectivity index (χ4n) is 3.91. The van der Waals surface area contributed by atoms with Gasteiger partial charge in [-0.25, -0.2) is 0 Å². The first-order chi connectivity index (χ1) is 13.8. The van der Waals surface area contributed by atoms with E-state index in [9.17, 15) is 15.8 Å². The van der Waals surface area contributed by atoms with Crippen molar-refractivity contribution in [3.63, 3.8) is 0 Å². The molecule has 0 amide bonds. The second-order valence-corrected chi connectivity index (χ2v) is 7.70. The number of hydrogen-bond acceptors (Lipinski definition) is 6. The van der Waals surface area contributed by atoms with Gasteiger partial charge in [0.1, 0.15) is 6.07 Å². The van der Waals surface area contributed by atoms with E-state index in [2.05, 4.69) is 23.1 Å². The quantitative estimate of drug-likeness (QED) is 0.705. The molecule has 0 spiro atoms. The lowest BCUT2D eigenvalue weighted by molar-refractivity contribution is 0.237. The summed E-state index contributed by atoms with van der Waals surface area (Å²) in [5, 5.41) is 37.8. The van der Waals surface area contributed by atoms with Crippen LogP contribution in [0.4, 0.5) is 0 Å². The van der Waals surface area contributed by atoms with Gasteiger partial charge in [0, 0.05) is 31.5 Å². The van der Waals surface area contributed by atoms with Crippen LogP contribution in [0.5, 0.6) is 0 Å². The Morgan fingerprint density at radius 3 is 2.38 bits per heavy atom. The number of allylic oxidation sites excluding steroid dienone is 2. The molecule has 150 valence electrons. The summed E-state index contributed by atoms with van der Waals surface area (Å²) in [4.78, 5) is 2.08. The van der Waals surface area contributed by atoms with Gasteiger partial charge in [-0.3, -0.25) is 0 Å². The van der Waals surface area contributed by atoms with E-state index >= 15 is 0 Å². The number of nitrogens with two attached hydrogens (primary N) is 1. The lowest BCUT2D eigenvalue weighted by atomic mass is 9.58. The average Bonchev–Trinajstić information content (AvgIpc) is 2.70. The Bertz CT molecular complexity index is 966. The Hall–Kier alpha value is -2.53. The van der Waals surface area contributed by atoms with Crippen LogP contribution in [-0.2, 0) is 0 Å². The highest BCUT2D eigenvalue weighted by molar-refractivity contribution is 6.42. The lowest BCUT2D eigenvalue weighted by Gasteiger charge is -2.45. The topological polar surface area (TPSA) is 121 Å². The van der Waals surface area contributed by atoms with Gasteiger partial charge in [-0.2, -0.15) is 15.8 Å². The molecule has 0 fully saturated rings. The number of halogens is 2. The highest BCUT2D eigenvalue weighted by Crippen LogP contribution is 2.54. The zero-order valence-corrected chi connectivity index (χ0v) is 17.7. The third-order valence-corrected chi connectivity index (χ3v) is 5.89. The number of fused-ring (bicyclic) bond motifs is 1. The van der Waals surface area contributed by atoms with Crippen molar-refractivity contribution in [2.75, 3.05) is 26.7 Å². The molecular formula is C21H21Cl2N5O. The van der Waals surface area contributed by atoms with Gasteiger partial charge in [-0.15, -0.1) is 0 Å². The van der Waals surface area contributed by atoms with Gasteiger partial charge in [-0.1, -0.05) is 35.3 Å². The third-order valence-electron chi connectivity index (χ3n) is 5.15. The summed E-state index contributed by atoms with van der Waals surface area (Å²) >= 11 is 12.2. The SMILES string of the molecule is CCO.CN1CC=C2C(C#N)=C(N)C(C#N)(C#N)C(c3ccc(Cl)c(Cl)c3)C2C1. The van der Waals surface area contributed by atoms with Crippen LogP contribution in [0.3, 0.4) is 0 Å². The summed E-state index contributed by atoms with van der Waals surface area (Å²) in [7, 11) is 1.95. The fourth-order valence-corrected chi connectivity index (χ4v) is 4.21. The Labute approximate surface area is 180 Å². The normalized spacial score (nSPS) is 22.8. The predicted octanol–water partition coefficient (Wildman–Crippen LogP) is 3.35. The highest BCUT2D eigenvalue weighted by Gasteiger charge is 2.54. The molecule has 2 unspecified atom stereocenters. The van der Waals surface area contributed by atoms with E-state index in [1.165, 1.54) is 0 Å². The van der Waals surface area contributed by atoms with E-state index in [1.54, 1.807) is 25.1 Å². The summed E-state index contributed by atoms with van der Waals surface area (Å²) in [5.41, 5.74) is 6.32. The van der Waals surface area contributed by atoms with E-state index in [1.807, 2.05) is 13.1 Å². The molecule has 6 nitrogen and oxygen atoms in total. The van der Waals surface area contributed by atoms with Gasteiger partial charge in [0.15, 0.2) is 5.41 Å². The van der Waals surface area contributed by atoms with E-state index in [0.717, 1.165) is 5.57 Å². The molecule has 1 aromatic carbocycles. The van der Waals surface area contributed by atoms with Gasteiger partial charge in [0.2, 0.25) is 0 Å². The molecule has 2 atom stereocenters. The van der Waals surface area contributed by atoms with Crippen LogP contribution >= 0.6 is 23.2 Å². The van der Waals surface area contributed by atoms with Crippen molar-refractivity contribution in [2.24, 2.45) is 17.1 Å². The number of rotatable bonds is 1. The maximum absolute atomic E-state index is 9.95. The van der Waals surface area contributed by atoms with Crippen LogP contribution in [-0.4, -0.2) is 36.8 Å². The highest BCUT2D eigenvalue weighted by atomic mass is 35.5. The molecule has 0 aromatic heterocycles. The van der Waals surface area contributed by atoms with E-state index < -0.39 is 11.3 Å². The number of benzene rings is 1. The smallest absolute Gasteiger partial charge is 0.191 e. The standard InChI is InChI=1S/C19H15Cl2N5.C2H6O/c1-26-5-4-12-13(7-22)18(25)19(9-23,10-24)17(14(12)8-26)11-2-3-15(20)16(21)6-11;1-2-3/h2-4,6,14,17H,5,8,25H2,1H3;3H,2H2,1H3. The first-order valence-corrected chi connectivity index (χ1v) is 9.74. The Morgan fingerprint density at radius 2 is 1.86 bits per heavy atom. The van der Waals surface area contributed by atoms with Crippen LogP contribution in [0.2, 0.25) is 10.0 Å². The van der Waals surface area contributed by atoms with Crippen molar-refractivity contribution in [1.82, 2.24) is 4.90 Å². The van der Waals surface area contributed by atoms with E-state index in [-0.39, 0.29) is 23.8 Å². The number of hydrogen-bond donors (Lipinski definition) is 2. The molecule has 1 aromatic rings. The Balaban J connectivity index is 0.000000941. The van der Waals surface area contributed by atoms with Crippen molar-refractivity contribution in [1.29, 1.82) is 15.8 Å². The number of likely N-dealkylation sites (N-methyl/N-ethyl adjacent to an activating group) is 1. The van der Waals surface area contributed by atoms with Gasteiger partial charge in [-0.05, 0) is 37.2 Å². The van der Waals surface area contributed by atoms with Gasteiger partial charge in [0.05, 0.1) is 33.5 Å². The lowest BCUT2D eigenvalue weighted by Crippen LogP contribution is -2.47. The average molecular weight is 430 g/mol. The molecule has 0 bridgehead atoms. The monoisotopic (exact) mass is 429 g/mol. The molecule has 3 rings (SSSR count). The van der Waals surface area contributed by atoms with Crippen molar-refractivity contribution in [3.05, 3.63) is 56.7 Å². The minimum absolute atomic E-state index is 0.00752. The van der Waals surface area contributed by atoms with Gasteiger partial charge < -0.3 is 15.7 Å². The van der Waals surface area contributed by atoms with Crippen LogP contribution in [0.25, 0.3) is 0 Å². The molecule has 29 heavy (non-hydrogen) atoms. The minimum atomic E-state index is -1.65. The number of nitrogens with zero attached hydrogens (tertiary/aromatic N) is 4. The maximum atomic E-state index is 9.95. The zero-order chi connectivity index (χ0) is 21.8. The van der Waals surface area contributed by atoms with Crippen molar-refractivity contribution < 1.29 is 5.11 Å². The molecule has 1 aliphatic carbocycles. The predicted molar refractivity (Wildman–Crippen MR) is 112 cm³/mol.